The van der Waals surface area contributed by atoms with Gasteiger partial charge in [0.2, 0.25) is 6.29 Å². The van der Waals surface area contributed by atoms with Crippen LogP contribution in [0.5, 0.6) is 0 Å². The molecule has 1 unspecified atom stereocenters. The lowest BCUT2D eigenvalue weighted by Gasteiger charge is -2.13. The van der Waals surface area contributed by atoms with Gasteiger partial charge in [-0.1, -0.05) is 45.4 Å². The zero-order valence-electron chi connectivity index (χ0n) is 10.4. The second-order valence-electron chi connectivity index (χ2n) is 3.96. The number of carboxylic acid groups (broad SMARTS) is 1. The van der Waals surface area contributed by atoms with Crippen molar-refractivity contribution in [2.24, 2.45) is 0 Å². The van der Waals surface area contributed by atoms with Crippen molar-refractivity contribution in [1.82, 2.24) is 0 Å². The third kappa shape index (κ3) is 9.77. The molecule has 0 aliphatic rings. The lowest BCUT2D eigenvalue weighted by Crippen LogP contribution is -2.18. The molecule has 0 bridgehead atoms. The Morgan fingerprint density at radius 2 is 1.69 bits per heavy atom. The van der Waals surface area contributed by atoms with E-state index >= 15 is 0 Å². The Balaban J connectivity index is 3.31. The van der Waals surface area contributed by atoms with E-state index in [1.807, 2.05) is 0 Å². The molecule has 96 valence electrons. The Labute approximate surface area is 97.9 Å². The maximum Gasteiger partial charge on any atom is 0.508 e. The van der Waals surface area contributed by atoms with Gasteiger partial charge in [0.1, 0.15) is 0 Å². The van der Waals surface area contributed by atoms with Gasteiger partial charge in [-0.3, -0.25) is 0 Å². The van der Waals surface area contributed by atoms with Crippen molar-refractivity contribution < 1.29 is 19.4 Å². The van der Waals surface area contributed by atoms with Crippen molar-refractivity contribution >= 4 is 6.16 Å². The molecule has 0 aromatic heterocycles. The highest BCUT2D eigenvalue weighted by Crippen LogP contribution is 2.11. The number of hydrogen-bond acceptors (Lipinski definition) is 3. The molecular weight excluding hydrogens is 208 g/mol. The van der Waals surface area contributed by atoms with Crippen LogP contribution >= 0.6 is 0 Å². The highest BCUT2D eigenvalue weighted by Gasteiger charge is 2.11. The van der Waals surface area contributed by atoms with E-state index in [1.165, 1.54) is 39.2 Å². The highest BCUT2D eigenvalue weighted by molar-refractivity contribution is 5.56. The van der Waals surface area contributed by atoms with Crippen LogP contribution in [0.1, 0.15) is 58.3 Å². The minimum Gasteiger partial charge on any atom is -0.450 e. The molecule has 0 aromatic rings. The predicted octanol–water partition coefficient (Wildman–Crippen LogP) is 3.79. The van der Waals surface area contributed by atoms with Gasteiger partial charge in [0.05, 0.1) is 0 Å². The number of carbonyl (C=O) groups is 1. The lowest BCUT2D eigenvalue weighted by atomic mass is 10.1. The lowest BCUT2D eigenvalue weighted by molar-refractivity contribution is -0.101. The van der Waals surface area contributed by atoms with Crippen LogP contribution in [-0.2, 0) is 9.47 Å². The van der Waals surface area contributed by atoms with E-state index in [-0.39, 0.29) is 0 Å². The zero-order chi connectivity index (χ0) is 12.2. The number of methoxy groups -OCH3 is 1. The Morgan fingerprint density at radius 3 is 2.19 bits per heavy atom. The van der Waals surface area contributed by atoms with Gasteiger partial charge in [-0.05, 0) is 6.42 Å². The summed E-state index contributed by atoms with van der Waals surface area (Å²) in [5, 5.41) is 8.41. The molecule has 4 nitrogen and oxygen atoms in total. The smallest absolute Gasteiger partial charge is 0.450 e. The quantitative estimate of drug-likeness (QED) is 0.353. The number of rotatable bonds is 10. The second kappa shape index (κ2) is 10.7. The summed E-state index contributed by atoms with van der Waals surface area (Å²) in [6, 6.07) is 0. The van der Waals surface area contributed by atoms with Crippen molar-refractivity contribution in [2.45, 2.75) is 64.6 Å². The first-order chi connectivity index (χ1) is 7.70. The van der Waals surface area contributed by atoms with E-state index in [9.17, 15) is 4.79 Å². The van der Waals surface area contributed by atoms with Gasteiger partial charge >= 0.3 is 6.16 Å². The molecule has 1 atom stereocenters. The first-order valence-electron chi connectivity index (χ1n) is 6.13. The summed E-state index contributed by atoms with van der Waals surface area (Å²) >= 11 is 0. The van der Waals surface area contributed by atoms with E-state index in [0.717, 1.165) is 12.8 Å². The van der Waals surface area contributed by atoms with Crippen LogP contribution in [-0.4, -0.2) is 24.7 Å². The topological polar surface area (TPSA) is 55.8 Å². The summed E-state index contributed by atoms with van der Waals surface area (Å²) in [5.74, 6) is 0. The number of ether oxygens (including phenoxy) is 2. The molecule has 0 aliphatic carbocycles. The summed E-state index contributed by atoms with van der Waals surface area (Å²) in [5.41, 5.74) is 0. The predicted molar refractivity (Wildman–Crippen MR) is 62.5 cm³/mol. The molecule has 4 heteroatoms. The van der Waals surface area contributed by atoms with Crippen molar-refractivity contribution in [1.29, 1.82) is 0 Å². The van der Waals surface area contributed by atoms with Gasteiger partial charge in [0.15, 0.2) is 0 Å². The molecule has 0 spiro atoms. The summed E-state index contributed by atoms with van der Waals surface area (Å²) in [4.78, 5) is 10.3. The van der Waals surface area contributed by atoms with Crippen molar-refractivity contribution in [3.8, 4) is 0 Å². The molecule has 1 N–H and O–H groups in total. The van der Waals surface area contributed by atoms with E-state index in [2.05, 4.69) is 11.7 Å². The fourth-order valence-electron chi connectivity index (χ4n) is 1.61. The van der Waals surface area contributed by atoms with Gasteiger partial charge in [-0.15, -0.1) is 0 Å². The SMILES string of the molecule is CCCCCCCCCC(OC)OC(=O)O. The number of unbranched alkanes of at least 4 members (excludes halogenated alkanes) is 6. The molecule has 16 heavy (non-hydrogen) atoms. The molecule has 0 fully saturated rings. The maximum absolute atomic E-state index is 10.3. The largest absolute Gasteiger partial charge is 0.508 e. The Bertz CT molecular complexity index is 170. The Kier molecular flexibility index (Phi) is 10.2. The minimum atomic E-state index is -1.27. The molecule has 0 aliphatic heterocycles. The summed E-state index contributed by atoms with van der Waals surface area (Å²) < 4.78 is 9.44. The summed E-state index contributed by atoms with van der Waals surface area (Å²) in [6.07, 6.45) is 7.20. The fourth-order valence-corrected chi connectivity index (χ4v) is 1.61. The zero-order valence-corrected chi connectivity index (χ0v) is 10.4. The second-order valence-corrected chi connectivity index (χ2v) is 3.96. The minimum absolute atomic E-state index is 0.604. The van der Waals surface area contributed by atoms with Gasteiger partial charge in [0, 0.05) is 13.5 Å². The van der Waals surface area contributed by atoms with Crippen LogP contribution in [0.15, 0.2) is 0 Å². The van der Waals surface area contributed by atoms with Crippen molar-refractivity contribution in [3.63, 3.8) is 0 Å². The number of hydrogen-bond donors (Lipinski definition) is 1. The fraction of sp³-hybridized carbons (Fsp3) is 0.917. The standard InChI is InChI=1S/C12H24O4/c1-3-4-5-6-7-8-9-10-11(15-2)16-12(13)14/h11H,3-10H2,1-2H3,(H,13,14). The molecule has 0 heterocycles. The molecule has 0 amide bonds. The van der Waals surface area contributed by atoms with E-state index in [1.54, 1.807) is 0 Å². The van der Waals surface area contributed by atoms with Gasteiger partial charge in [-0.2, -0.15) is 0 Å². The maximum atomic E-state index is 10.3. The van der Waals surface area contributed by atoms with Crippen LogP contribution in [0.2, 0.25) is 0 Å². The molecular formula is C12H24O4. The normalized spacial score (nSPS) is 12.4. The van der Waals surface area contributed by atoms with E-state index in [0.29, 0.717) is 6.42 Å². The van der Waals surface area contributed by atoms with Gasteiger partial charge < -0.3 is 14.6 Å². The Morgan fingerprint density at radius 1 is 1.12 bits per heavy atom. The van der Waals surface area contributed by atoms with E-state index in [4.69, 9.17) is 9.84 Å². The molecule has 0 aromatic carbocycles. The Hall–Kier alpha value is -0.770. The molecule has 0 saturated heterocycles. The van der Waals surface area contributed by atoms with Crippen LogP contribution < -0.4 is 0 Å². The molecule has 0 rings (SSSR count). The monoisotopic (exact) mass is 232 g/mol. The average molecular weight is 232 g/mol. The average Bonchev–Trinajstić information content (AvgIpc) is 2.25. The third-order valence-corrected chi connectivity index (χ3v) is 2.54. The van der Waals surface area contributed by atoms with Crippen LogP contribution in [0.3, 0.4) is 0 Å². The van der Waals surface area contributed by atoms with E-state index < -0.39 is 12.4 Å². The summed E-state index contributed by atoms with van der Waals surface area (Å²) in [6.45, 7) is 2.20. The van der Waals surface area contributed by atoms with Gasteiger partial charge in [0.25, 0.3) is 0 Å². The molecule has 0 radical (unpaired) electrons. The third-order valence-electron chi connectivity index (χ3n) is 2.54. The highest BCUT2D eigenvalue weighted by atomic mass is 16.7. The van der Waals surface area contributed by atoms with Crippen molar-refractivity contribution in [2.75, 3.05) is 7.11 Å². The van der Waals surface area contributed by atoms with Crippen LogP contribution in [0, 0.1) is 0 Å². The first-order valence-corrected chi connectivity index (χ1v) is 6.13. The van der Waals surface area contributed by atoms with Crippen LogP contribution in [0.4, 0.5) is 4.79 Å². The van der Waals surface area contributed by atoms with Crippen LogP contribution in [0.25, 0.3) is 0 Å². The molecule has 0 saturated carbocycles. The first kappa shape index (κ1) is 15.2. The van der Waals surface area contributed by atoms with Crippen molar-refractivity contribution in [3.05, 3.63) is 0 Å². The summed E-state index contributed by atoms with van der Waals surface area (Å²) in [7, 11) is 1.47. The van der Waals surface area contributed by atoms with Gasteiger partial charge in [-0.25, -0.2) is 4.79 Å².